The minimum atomic E-state index is -1.12. The Bertz CT molecular complexity index is 1250. The lowest BCUT2D eigenvalue weighted by atomic mass is 10.0. The largest absolute Gasteiger partial charge is 0.480 e. The van der Waals surface area contributed by atoms with Crippen LogP contribution in [-0.2, 0) is 16.0 Å². The van der Waals surface area contributed by atoms with Crippen molar-refractivity contribution in [3.05, 3.63) is 101 Å². The molecule has 0 radical (unpaired) electrons. The van der Waals surface area contributed by atoms with E-state index in [2.05, 4.69) is 0 Å². The summed E-state index contributed by atoms with van der Waals surface area (Å²) in [6, 6.07) is 20.7. The average Bonchev–Trinajstić information content (AvgIpc) is 3.05. The van der Waals surface area contributed by atoms with Crippen LogP contribution in [0.1, 0.15) is 11.1 Å². The first-order chi connectivity index (χ1) is 15.9. The Kier molecular flexibility index (Phi) is 6.86. The highest BCUT2D eigenvalue weighted by Crippen LogP contribution is 2.35. The van der Waals surface area contributed by atoms with Gasteiger partial charge >= 0.3 is 5.97 Å². The highest BCUT2D eigenvalue weighted by Gasteiger charge is 2.40. The first-order valence-electron chi connectivity index (χ1n) is 9.98. The van der Waals surface area contributed by atoms with Gasteiger partial charge in [0.2, 0.25) is 0 Å². The number of thioether (sulfide) groups is 1. The summed E-state index contributed by atoms with van der Waals surface area (Å²) in [5, 5.41) is 9.78. The van der Waals surface area contributed by atoms with Crippen molar-refractivity contribution in [2.45, 2.75) is 12.5 Å². The van der Waals surface area contributed by atoms with Gasteiger partial charge < -0.3 is 9.84 Å². The van der Waals surface area contributed by atoms with Crippen molar-refractivity contribution in [3.63, 3.8) is 0 Å². The molecule has 1 unspecified atom stereocenters. The fourth-order valence-corrected chi connectivity index (χ4v) is 4.72. The average molecular weight is 480 g/mol. The van der Waals surface area contributed by atoms with Gasteiger partial charge in [0.25, 0.3) is 5.91 Å². The Labute approximate surface area is 199 Å². The van der Waals surface area contributed by atoms with Crippen LogP contribution in [-0.4, -0.2) is 32.2 Å². The van der Waals surface area contributed by atoms with Crippen LogP contribution in [0.25, 0.3) is 6.08 Å². The second kappa shape index (κ2) is 9.97. The Morgan fingerprint density at radius 3 is 2.45 bits per heavy atom. The molecule has 0 aromatic heterocycles. The van der Waals surface area contributed by atoms with E-state index in [9.17, 15) is 19.1 Å². The molecule has 0 spiro atoms. The predicted molar refractivity (Wildman–Crippen MR) is 129 cm³/mol. The lowest BCUT2D eigenvalue weighted by molar-refractivity contribution is -0.145. The number of carboxylic acids is 1. The van der Waals surface area contributed by atoms with Crippen molar-refractivity contribution < 1.29 is 23.8 Å². The molecule has 1 N–H and O–H groups in total. The highest BCUT2D eigenvalue weighted by molar-refractivity contribution is 8.26. The minimum Gasteiger partial charge on any atom is -0.480 e. The number of thiocarbonyl (C=S) groups is 1. The molecule has 1 saturated heterocycles. The number of benzene rings is 3. The number of amides is 1. The third kappa shape index (κ3) is 5.47. The number of carboxylic acid groups (broad SMARTS) is 1. The zero-order valence-corrected chi connectivity index (χ0v) is 18.8. The van der Waals surface area contributed by atoms with Crippen LogP contribution in [0.3, 0.4) is 0 Å². The molecule has 1 heterocycles. The summed E-state index contributed by atoms with van der Waals surface area (Å²) in [5.74, 6) is -1.16. The van der Waals surface area contributed by atoms with Gasteiger partial charge in [-0.05, 0) is 41.5 Å². The lowest BCUT2D eigenvalue weighted by Gasteiger charge is -2.23. The van der Waals surface area contributed by atoms with Crippen LogP contribution >= 0.6 is 24.0 Å². The van der Waals surface area contributed by atoms with Gasteiger partial charge in [-0.3, -0.25) is 9.69 Å². The van der Waals surface area contributed by atoms with Crippen LogP contribution in [0.2, 0.25) is 0 Å². The van der Waals surface area contributed by atoms with Gasteiger partial charge in [-0.2, -0.15) is 0 Å². The Hall–Kier alpha value is -3.49. The van der Waals surface area contributed by atoms with Crippen molar-refractivity contribution in [2.24, 2.45) is 0 Å². The van der Waals surface area contributed by atoms with Crippen molar-refractivity contribution >= 4 is 46.3 Å². The van der Waals surface area contributed by atoms with Gasteiger partial charge in [0.1, 0.15) is 27.7 Å². The van der Waals surface area contributed by atoms with Gasteiger partial charge in [0.05, 0.1) is 4.91 Å². The monoisotopic (exact) mass is 479 g/mol. The molecule has 4 rings (SSSR count). The number of ether oxygens (including phenoxy) is 1. The summed E-state index contributed by atoms with van der Waals surface area (Å²) in [6.45, 7) is 0. The number of nitrogens with zero attached hydrogens (tertiary/aromatic N) is 1. The quantitative estimate of drug-likeness (QED) is 0.356. The number of halogens is 1. The molecule has 0 bridgehead atoms. The Morgan fingerprint density at radius 2 is 1.76 bits per heavy atom. The molecule has 1 aliphatic heterocycles. The first kappa shape index (κ1) is 22.7. The zero-order chi connectivity index (χ0) is 23.4. The van der Waals surface area contributed by atoms with Crippen molar-refractivity contribution in [1.82, 2.24) is 4.90 Å². The van der Waals surface area contributed by atoms with Crippen LogP contribution in [0.15, 0.2) is 83.8 Å². The van der Waals surface area contributed by atoms with E-state index in [-0.39, 0.29) is 10.7 Å². The van der Waals surface area contributed by atoms with Crippen LogP contribution in [0.5, 0.6) is 11.5 Å². The Morgan fingerprint density at radius 1 is 1.06 bits per heavy atom. The van der Waals surface area contributed by atoms with Crippen molar-refractivity contribution in [1.29, 1.82) is 0 Å². The number of aliphatic carboxylic acids is 1. The molecule has 1 aliphatic rings. The van der Waals surface area contributed by atoms with Crippen molar-refractivity contribution in [2.75, 3.05) is 0 Å². The molecule has 3 aromatic carbocycles. The van der Waals surface area contributed by atoms with E-state index in [1.807, 2.05) is 30.3 Å². The van der Waals surface area contributed by atoms with Crippen LogP contribution < -0.4 is 4.74 Å². The second-order valence-corrected chi connectivity index (χ2v) is 8.90. The number of carbonyl (C=O) groups excluding carboxylic acids is 1. The highest BCUT2D eigenvalue weighted by atomic mass is 32.2. The van der Waals surface area contributed by atoms with Gasteiger partial charge in [-0.1, -0.05) is 72.5 Å². The van der Waals surface area contributed by atoms with Gasteiger partial charge in [-0.15, -0.1) is 0 Å². The maximum atomic E-state index is 13.4. The van der Waals surface area contributed by atoms with E-state index in [1.165, 1.54) is 12.1 Å². The fourth-order valence-electron chi connectivity index (χ4n) is 3.36. The second-order valence-electron chi connectivity index (χ2n) is 7.23. The van der Waals surface area contributed by atoms with E-state index < -0.39 is 23.7 Å². The van der Waals surface area contributed by atoms with Gasteiger partial charge in [0.15, 0.2) is 0 Å². The molecule has 8 heteroatoms. The summed E-state index contributed by atoms with van der Waals surface area (Å²) in [4.78, 5) is 26.5. The Balaban J connectivity index is 1.55. The first-order valence-corrected chi connectivity index (χ1v) is 11.2. The molecular weight excluding hydrogens is 461 g/mol. The molecule has 166 valence electrons. The van der Waals surface area contributed by atoms with Crippen LogP contribution in [0, 0.1) is 5.82 Å². The fraction of sp³-hybridized carbons (Fsp3) is 0.0800. The molecule has 0 saturated carbocycles. The third-order valence-corrected chi connectivity index (χ3v) is 6.21. The minimum absolute atomic E-state index is 0.146. The smallest absolute Gasteiger partial charge is 0.327 e. The molecule has 33 heavy (non-hydrogen) atoms. The van der Waals surface area contributed by atoms with Gasteiger partial charge in [-0.25, -0.2) is 9.18 Å². The predicted octanol–water partition coefficient (Wildman–Crippen LogP) is 5.52. The standard InChI is InChI=1S/C25H18FNO4S2/c26-18-9-5-11-20(15-18)31-19-10-4-8-17(12-19)14-22-23(28)27(25(32)33-22)21(24(29)30)13-16-6-2-1-3-7-16/h1-12,14-15,21H,13H2,(H,29,30)/b22-14-. The molecular formula is C25H18FNO4S2. The topological polar surface area (TPSA) is 66.8 Å². The van der Waals surface area contributed by atoms with Crippen molar-refractivity contribution in [3.8, 4) is 11.5 Å². The summed E-state index contributed by atoms with van der Waals surface area (Å²) in [7, 11) is 0. The summed E-state index contributed by atoms with van der Waals surface area (Å²) in [5.41, 5.74) is 1.46. The molecule has 3 aromatic rings. The number of carbonyl (C=O) groups is 2. The van der Waals surface area contributed by atoms with E-state index in [1.54, 1.807) is 42.5 Å². The molecule has 1 atom stereocenters. The van der Waals surface area contributed by atoms with E-state index in [0.717, 1.165) is 22.2 Å². The summed E-state index contributed by atoms with van der Waals surface area (Å²) >= 11 is 6.41. The molecule has 5 nitrogen and oxygen atoms in total. The molecule has 1 fully saturated rings. The van der Waals surface area contributed by atoms with Crippen LogP contribution in [0.4, 0.5) is 4.39 Å². The third-order valence-electron chi connectivity index (χ3n) is 4.88. The molecule has 0 aliphatic carbocycles. The number of rotatable bonds is 7. The van der Waals surface area contributed by atoms with E-state index in [4.69, 9.17) is 17.0 Å². The maximum absolute atomic E-state index is 13.4. The summed E-state index contributed by atoms with van der Waals surface area (Å²) < 4.78 is 19.3. The summed E-state index contributed by atoms with van der Waals surface area (Å²) in [6.07, 6.45) is 1.78. The number of hydrogen-bond donors (Lipinski definition) is 1. The van der Waals surface area contributed by atoms with E-state index >= 15 is 0 Å². The molecule has 1 amide bonds. The SMILES string of the molecule is O=C(O)C(Cc1ccccc1)N1C(=O)/C(=C/c2cccc(Oc3cccc(F)c3)c2)SC1=S. The zero-order valence-electron chi connectivity index (χ0n) is 17.2. The van der Waals surface area contributed by atoms with Gasteiger partial charge in [0, 0.05) is 12.5 Å². The normalized spacial score (nSPS) is 15.7. The van der Waals surface area contributed by atoms with E-state index in [0.29, 0.717) is 22.0 Å². The lowest BCUT2D eigenvalue weighted by Crippen LogP contribution is -2.45. The number of hydrogen-bond acceptors (Lipinski definition) is 5. The maximum Gasteiger partial charge on any atom is 0.327 e.